The monoisotopic (exact) mass is 387 g/mol. The summed E-state index contributed by atoms with van der Waals surface area (Å²) in [5, 5.41) is 0. The van der Waals surface area contributed by atoms with Gasteiger partial charge in [-0.25, -0.2) is 15.0 Å². The number of rotatable bonds is 4. The molecule has 0 N–H and O–H groups in total. The molecule has 0 saturated heterocycles. The third-order valence-electron chi connectivity index (χ3n) is 5.22. The molecule has 0 radical (unpaired) electrons. The summed E-state index contributed by atoms with van der Waals surface area (Å²) in [4.78, 5) is 14.4. The summed E-state index contributed by atoms with van der Waals surface area (Å²) in [5.41, 5.74) is 5.51. The van der Waals surface area contributed by atoms with Crippen LogP contribution in [0.25, 0.3) is 39.5 Å². The minimum atomic E-state index is 0.703. The maximum atomic E-state index is 4.83. The van der Waals surface area contributed by atoms with Crippen LogP contribution in [0.4, 0.5) is 0 Å². The lowest BCUT2D eigenvalue weighted by atomic mass is 10.0. The molecule has 5 rings (SSSR count). The summed E-state index contributed by atoms with van der Waals surface area (Å²) < 4.78 is 0. The Morgan fingerprint density at radius 3 is 1.60 bits per heavy atom. The predicted octanol–water partition coefficient (Wildman–Crippen LogP) is 6.61. The molecule has 1 heterocycles. The van der Waals surface area contributed by atoms with E-state index in [0.29, 0.717) is 11.6 Å². The van der Waals surface area contributed by atoms with E-state index in [0.717, 1.165) is 35.4 Å². The molecular formula is C27H21N3. The van der Waals surface area contributed by atoms with Crippen LogP contribution in [0, 0.1) is 0 Å². The van der Waals surface area contributed by atoms with Crippen molar-refractivity contribution in [1.82, 2.24) is 15.0 Å². The molecule has 0 amide bonds. The van der Waals surface area contributed by atoms with Gasteiger partial charge in [-0.3, -0.25) is 0 Å². The molecule has 0 bridgehead atoms. The van der Waals surface area contributed by atoms with Gasteiger partial charge in [0.15, 0.2) is 17.5 Å². The van der Waals surface area contributed by atoms with E-state index in [1.807, 2.05) is 36.4 Å². The Morgan fingerprint density at radius 2 is 1.00 bits per heavy atom. The third kappa shape index (κ3) is 3.83. The molecule has 0 unspecified atom stereocenters. The predicted molar refractivity (Wildman–Crippen MR) is 122 cm³/mol. The Morgan fingerprint density at radius 1 is 0.500 bits per heavy atom. The molecule has 1 aliphatic carbocycles. The second-order valence-corrected chi connectivity index (χ2v) is 7.27. The average molecular weight is 387 g/mol. The highest BCUT2D eigenvalue weighted by atomic mass is 15.0. The second kappa shape index (κ2) is 8.26. The summed E-state index contributed by atoms with van der Waals surface area (Å²) in [6.07, 6.45) is 8.32. The topological polar surface area (TPSA) is 38.7 Å². The molecule has 3 aromatic carbocycles. The number of allylic oxidation sites excluding steroid dienone is 4. The first-order valence-corrected chi connectivity index (χ1v) is 10.2. The Balaban J connectivity index is 1.58. The molecule has 1 aromatic heterocycles. The van der Waals surface area contributed by atoms with Crippen LogP contribution in [0.1, 0.15) is 18.7 Å². The van der Waals surface area contributed by atoms with Crippen molar-refractivity contribution in [3.63, 3.8) is 0 Å². The minimum Gasteiger partial charge on any atom is -0.209 e. The van der Waals surface area contributed by atoms with E-state index in [2.05, 4.69) is 66.8 Å². The van der Waals surface area contributed by atoms with Crippen molar-refractivity contribution in [2.45, 2.75) is 12.8 Å². The molecule has 0 aliphatic heterocycles. The number of benzene rings is 3. The summed E-state index contributed by atoms with van der Waals surface area (Å²) in [6, 6.07) is 28.9. The van der Waals surface area contributed by atoms with Crippen LogP contribution < -0.4 is 0 Å². The summed E-state index contributed by atoms with van der Waals surface area (Å²) >= 11 is 0. The Kier molecular flexibility index (Phi) is 5.01. The van der Waals surface area contributed by atoms with Crippen LogP contribution in [0.2, 0.25) is 0 Å². The molecule has 0 atom stereocenters. The van der Waals surface area contributed by atoms with Gasteiger partial charge in [0.25, 0.3) is 0 Å². The summed E-state index contributed by atoms with van der Waals surface area (Å²) in [5.74, 6) is 2.17. The van der Waals surface area contributed by atoms with E-state index < -0.39 is 0 Å². The molecule has 30 heavy (non-hydrogen) atoms. The molecule has 0 fully saturated rings. The first-order valence-electron chi connectivity index (χ1n) is 10.2. The highest BCUT2D eigenvalue weighted by Crippen LogP contribution is 2.27. The van der Waals surface area contributed by atoms with Gasteiger partial charge in [-0.05, 0) is 29.5 Å². The second-order valence-electron chi connectivity index (χ2n) is 7.27. The van der Waals surface area contributed by atoms with Crippen molar-refractivity contribution in [2.24, 2.45) is 0 Å². The van der Waals surface area contributed by atoms with E-state index in [9.17, 15) is 0 Å². The lowest BCUT2D eigenvalue weighted by Crippen LogP contribution is -2.03. The zero-order chi connectivity index (χ0) is 20.2. The van der Waals surface area contributed by atoms with Gasteiger partial charge in [0.05, 0.1) is 0 Å². The number of hydrogen-bond acceptors (Lipinski definition) is 3. The fourth-order valence-electron chi connectivity index (χ4n) is 3.60. The van der Waals surface area contributed by atoms with Gasteiger partial charge < -0.3 is 0 Å². The normalized spacial score (nSPS) is 13.1. The average Bonchev–Trinajstić information content (AvgIpc) is 2.85. The zero-order valence-electron chi connectivity index (χ0n) is 16.6. The lowest BCUT2D eigenvalue weighted by Gasteiger charge is -2.12. The van der Waals surface area contributed by atoms with Gasteiger partial charge in [-0.15, -0.1) is 0 Å². The van der Waals surface area contributed by atoms with Gasteiger partial charge in [0.1, 0.15) is 0 Å². The molecule has 3 nitrogen and oxygen atoms in total. The van der Waals surface area contributed by atoms with E-state index in [1.54, 1.807) is 0 Å². The molecule has 0 saturated carbocycles. The van der Waals surface area contributed by atoms with Crippen LogP contribution >= 0.6 is 0 Å². The van der Waals surface area contributed by atoms with Gasteiger partial charge in [-0.1, -0.05) is 103 Å². The Labute approximate surface area is 176 Å². The fraction of sp³-hybridized carbons (Fsp3) is 0.0741. The molecule has 1 aliphatic rings. The lowest BCUT2D eigenvalue weighted by molar-refractivity contribution is 0.978. The van der Waals surface area contributed by atoms with Crippen molar-refractivity contribution in [3.8, 4) is 33.9 Å². The highest BCUT2D eigenvalue weighted by Gasteiger charge is 2.14. The SMILES string of the molecule is C1=CCCC(c2nc(-c3ccccc3)nc(-c3ccc(-c4ccccc4)cc3)n2)=C1. The first kappa shape index (κ1) is 18.2. The maximum absolute atomic E-state index is 4.83. The van der Waals surface area contributed by atoms with Gasteiger partial charge >= 0.3 is 0 Å². The Bertz CT molecular complexity index is 1210. The molecule has 144 valence electrons. The van der Waals surface area contributed by atoms with Crippen LogP contribution in [-0.4, -0.2) is 15.0 Å². The maximum Gasteiger partial charge on any atom is 0.164 e. The van der Waals surface area contributed by atoms with Crippen LogP contribution in [-0.2, 0) is 0 Å². The van der Waals surface area contributed by atoms with Crippen molar-refractivity contribution in [1.29, 1.82) is 0 Å². The van der Waals surface area contributed by atoms with Crippen molar-refractivity contribution < 1.29 is 0 Å². The van der Waals surface area contributed by atoms with Gasteiger partial charge in [-0.2, -0.15) is 0 Å². The van der Waals surface area contributed by atoms with Crippen molar-refractivity contribution in [3.05, 3.63) is 109 Å². The van der Waals surface area contributed by atoms with E-state index in [-0.39, 0.29) is 0 Å². The summed E-state index contributed by atoms with van der Waals surface area (Å²) in [6.45, 7) is 0. The van der Waals surface area contributed by atoms with Crippen LogP contribution in [0.15, 0.2) is 103 Å². The smallest absolute Gasteiger partial charge is 0.164 e. The van der Waals surface area contributed by atoms with E-state index in [1.165, 1.54) is 11.1 Å². The molecular weight excluding hydrogens is 366 g/mol. The molecule has 0 spiro atoms. The number of hydrogen-bond donors (Lipinski definition) is 0. The van der Waals surface area contributed by atoms with Gasteiger partial charge in [0, 0.05) is 11.1 Å². The quantitative estimate of drug-likeness (QED) is 0.396. The van der Waals surface area contributed by atoms with Crippen molar-refractivity contribution in [2.75, 3.05) is 0 Å². The van der Waals surface area contributed by atoms with Gasteiger partial charge in [0.2, 0.25) is 0 Å². The highest BCUT2D eigenvalue weighted by molar-refractivity contribution is 5.71. The summed E-state index contributed by atoms with van der Waals surface area (Å²) in [7, 11) is 0. The van der Waals surface area contributed by atoms with E-state index >= 15 is 0 Å². The number of aromatic nitrogens is 3. The standard InChI is InChI=1S/C27H21N3/c1-4-10-20(11-5-1)21-16-18-24(19-17-21)27-29-25(22-12-6-2-7-13-22)28-26(30-27)23-14-8-3-9-15-23/h1-8,10-14,16-19H,9,15H2. The first-order chi connectivity index (χ1) is 14.9. The largest absolute Gasteiger partial charge is 0.209 e. The number of nitrogens with zero attached hydrogens (tertiary/aromatic N) is 3. The third-order valence-corrected chi connectivity index (χ3v) is 5.22. The molecule has 3 heteroatoms. The van der Waals surface area contributed by atoms with Crippen molar-refractivity contribution >= 4 is 5.57 Å². The zero-order valence-corrected chi connectivity index (χ0v) is 16.6. The van der Waals surface area contributed by atoms with Crippen LogP contribution in [0.3, 0.4) is 0 Å². The fourth-order valence-corrected chi connectivity index (χ4v) is 3.60. The van der Waals surface area contributed by atoms with Crippen LogP contribution in [0.5, 0.6) is 0 Å². The minimum absolute atomic E-state index is 0.703. The van der Waals surface area contributed by atoms with E-state index in [4.69, 9.17) is 15.0 Å². The Hall–Kier alpha value is -3.85. The molecule has 4 aromatic rings.